The first-order valence-corrected chi connectivity index (χ1v) is 7.77. The number of nitrogens with one attached hydrogen (secondary N) is 1. The molecule has 1 aromatic heterocycles. The van der Waals surface area contributed by atoms with Crippen molar-refractivity contribution in [2.45, 2.75) is 59.4 Å². The van der Waals surface area contributed by atoms with Crippen LogP contribution in [0.3, 0.4) is 0 Å². The molecule has 0 amide bonds. The van der Waals surface area contributed by atoms with Crippen molar-refractivity contribution in [1.82, 2.24) is 9.97 Å². The Kier molecular flexibility index (Phi) is 4.51. The minimum absolute atomic E-state index is 0.346. The number of rotatable bonds is 3. The van der Waals surface area contributed by atoms with Crippen LogP contribution in [-0.4, -0.2) is 29.6 Å². The monoisotopic (exact) mass is 276 g/mol. The van der Waals surface area contributed by atoms with Gasteiger partial charge in [0.2, 0.25) is 0 Å². The van der Waals surface area contributed by atoms with E-state index in [-0.39, 0.29) is 0 Å². The molecule has 0 radical (unpaired) electrons. The molecular weight excluding hydrogens is 248 g/mol. The molecule has 1 saturated heterocycles. The fourth-order valence-corrected chi connectivity index (χ4v) is 2.89. The largest absolute Gasteiger partial charge is 0.373 e. The lowest BCUT2D eigenvalue weighted by atomic mass is 9.94. The van der Waals surface area contributed by atoms with Crippen LogP contribution < -0.4 is 10.2 Å². The van der Waals surface area contributed by atoms with Gasteiger partial charge < -0.3 is 10.2 Å². The van der Waals surface area contributed by atoms with E-state index in [1.54, 1.807) is 0 Å². The maximum absolute atomic E-state index is 4.86. The van der Waals surface area contributed by atoms with Crippen LogP contribution in [0, 0.1) is 12.8 Å². The molecule has 0 aliphatic carbocycles. The Bertz CT molecular complexity index is 470. The molecule has 0 spiro atoms. The van der Waals surface area contributed by atoms with E-state index in [1.807, 2.05) is 7.05 Å². The topological polar surface area (TPSA) is 41.1 Å². The Morgan fingerprint density at radius 1 is 1.20 bits per heavy atom. The summed E-state index contributed by atoms with van der Waals surface area (Å²) in [7, 11) is 1.94. The number of hydrogen-bond acceptors (Lipinski definition) is 4. The summed E-state index contributed by atoms with van der Waals surface area (Å²) in [6.45, 7) is 12.2. The Hall–Kier alpha value is -1.32. The number of anilines is 2. The summed E-state index contributed by atoms with van der Waals surface area (Å²) in [6, 6.07) is 0.560. The molecule has 2 rings (SSSR count). The minimum atomic E-state index is 0.346. The minimum Gasteiger partial charge on any atom is -0.373 e. The first kappa shape index (κ1) is 15.1. The number of nitrogens with zero attached hydrogens (tertiary/aromatic N) is 3. The first-order chi connectivity index (χ1) is 9.43. The van der Waals surface area contributed by atoms with Crippen LogP contribution in [0.5, 0.6) is 0 Å². The van der Waals surface area contributed by atoms with Gasteiger partial charge in [-0.1, -0.05) is 20.8 Å². The molecule has 0 bridgehead atoms. The van der Waals surface area contributed by atoms with Gasteiger partial charge in [0.1, 0.15) is 17.5 Å². The summed E-state index contributed by atoms with van der Waals surface area (Å²) in [5, 5.41) is 3.22. The normalized spacial score (nSPS) is 23.2. The van der Waals surface area contributed by atoms with Gasteiger partial charge in [0.05, 0.1) is 0 Å². The molecule has 4 nitrogen and oxygen atoms in total. The van der Waals surface area contributed by atoms with Crippen molar-refractivity contribution in [3.05, 3.63) is 11.4 Å². The maximum Gasteiger partial charge on any atom is 0.137 e. The van der Waals surface area contributed by atoms with E-state index in [0.717, 1.165) is 35.5 Å². The van der Waals surface area contributed by atoms with Gasteiger partial charge in [-0.3, -0.25) is 0 Å². The average molecular weight is 276 g/mol. The Balaban J connectivity index is 2.45. The standard InChI is InChI=1S/C16H28N4/c1-10(2)14-18-15(17-6)13(5)16(19-14)20-9-11(3)7-8-12(20)4/h10-12H,7-9H2,1-6H3,(H,17,18,19). The third kappa shape index (κ3) is 2.89. The van der Waals surface area contributed by atoms with E-state index < -0.39 is 0 Å². The van der Waals surface area contributed by atoms with Crippen LogP contribution in [0.25, 0.3) is 0 Å². The van der Waals surface area contributed by atoms with Gasteiger partial charge >= 0.3 is 0 Å². The number of piperidine rings is 1. The molecule has 1 fully saturated rings. The van der Waals surface area contributed by atoms with E-state index in [9.17, 15) is 0 Å². The predicted molar refractivity (Wildman–Crippen MR) is 85.6 cm³/mol. The lowest BCUT2D eigenvalue weighted by Gasteiger charge is -2.38. The van der Waals surface area contributed by atoms with Gasteiger partial charge in [-0.15, -0.1) is 0 Å². The quantitative estimate of drug-likeness (QED) is 0.916. The molecule has 0 saturated carbocycles. The van der Waals surface area contributed by atoms with E-state index in [4.69, 9.17) is 4.98 Å². The lowest BCUT2D eigenvalue weighted by molar-refractivity contribution is 0.387. The van der Waals surface area contributed by atoms with Crippen LogP contribution in [0.4, 0.5) is 11.6 Å². The van der Waals surface area contributed by atoms with Crippen LogP contribution >= 0.6 is 0 Å². The molecule has 2 atom stereocenters. The highest BCUT2D eigenvalue weighted by atomic mass is 15.2. The second-order valence-corrected chi connectivity index (χ2v) is 6.47. The molecule has 4 heteroatoms. The second-order valence-electron chi connectivity index (χ2n) is 6.47. The Morgan fingerprint density at radius 3 is 2.50 bits per heavy atom. The van der Waals surface area contributed by atoms with Gasteiger partial charge in [0, 0.05) is 31.1 Å². The van der Waals surface area contributed by atoms with Crippen LogP contribution in [0.15, 0.2) is 0 Å². The maximum atomic E-state index is 4.86. The van der Waals surface area contributed by atoms with Crippen molar-refractivity contribution in [2.75, 3.05) is 23.8 Å². The van der Waals surface area contributed by atoms with Crippen LogP contribution in [-0.2, 0) is 0 Å². The molecule has 1 N–H and O–H groups in total. The summed E-state index contributed by atoms with van der Waals surface area (Å²) in [6.07, 6.45) is 2.56. The molecule has 1 aliphatic heterocycles. The molecule has 2 unspecified atom stereocenters. The predicted octanol–water partition coefficient (Wildman–Crippen LogP) is 3.57. The summed E-state index contributed by atoms with van der Waals surface area (Å²) < 4.78 is 0. The van der Waals surface area contributed by atoms with Crippen molar-refractivity contribution in [1.29, 1.82) is 0 Å². The zero-order valence-electron chi connectivity index (χ0n) is 13.7. The van der Waals surface area contributed by atoms with E-state index >= 15 is 0 Å². The van der Waals surface area contributed by atoms with Crippen molar-refractivity contribution >= 4 is 11.6 Å². The molecule has 20 heavy (non-hydrogen) atoms. The molecular formula is C16H28N4. The second kappa shape index (κ2) is 5.98. The molecule has 1 aromatic rings. The van der Waals surface area contributed by atoms with Gasteiger partial charge in [0.15, 0.2) is 0 Å². The average Bonchev–Trinajstić information content (AvgIpc) is 2.41. The van der Waals surface area contributed by atoms with Crippen LogP contribution in [0.1, 0.15) is 57.8 Å². The first-order valence-electron chi connectivity index (χ1n) is 7.77. The zero-order chi connectivity index (χ0) is 14.9. The summed E-state index contributed by atoms with van der Waals surface area (Å²) in [5.41, 5.74) is 1.16. The molecule has 0 aromatic carbocycles. The Labute approximate surface area is 123 Å². The zero-order valence-corrected chi connectivity index (χ0v) is 13.7. The van der Waals surface area contributed by atoms with Gasteiger partial charge in [-0.05, 0) is 32.6 Å². The SMILES string of the molecule is CNc1nc(C(C)C)nc(N2CC(C)CCC2C)c1C. The van der Waals surface area contributed by atoms with Gasteiger partial charge in [0.25, 0.3) is 0 Å². The van der Waals surface area contributed by atoms with E-state index in [0.29, 0.717) is 12.0 Å². The van der Waals surface area contributed by atoms with Crippen molar-refractivity contribution < 1.29 is 0 Å². The fourth-order valence-electron chi connectivity index (χ4n) is 2.89. The van der Waals surface area contributed by atoms with E-state index in [1.165, 1.54) is 12.8 Å². The molecule has 112 valence electrons. The summed E-state index contributed by atoms with van der Waals surface area (Å²) >= 11 is 0. The molecule has 2 heterocycles. The smallest absolute Gasteiger partial charge is 0.137 e. The fraction of sp³-hybridized carbons (Fsp3) is 0.750. The van der Waals surface area contributed by atoms with Gasteiger partial charge in [-0.25, -0.2) is 9.97 Å². The lowest BCUT2D eigenvalue weighted by Crippen LogP contribution is -2.42. The summed E-state index contributed by atoms with van der Waals surface area (Å²) in [5.74, 6) is 4.09. The van der Waals surface area contributed by atoms with Crippen molar-refractivity contribution in [3.8, 4) is 0 Å². The Morgan fingerprint density at radius 2 is 1.90 bits per heavy atom. The molecule has 1 aliphatic rings. The number of aromatic nitrogens is 2. The highest BCUT2D eigenvalue weighted by Crippen LogP contribution is 2.31. The van der Waals surface area contributed by atoms with Gasteiger partial charge in [-0.2, -0.15) is 0 Å². The number of hydrogen-bond donors (Lipinski definition) is 1. The van der Waals surface area contributed by atoms with E-state index in [2.05, 4.69) is 49.8 Å². The van der Waals surface area contributed by atoms with Crippen LogP contribution in [0.2, 0.25) is 0 Å². The highest BCUT2D eigenvalue weighted by Gasteiger charge is 2.26. The third-order valence-corrected chi connectivity index (χ3v) is 4.28. The van der Waals surface area contributed by atoms with Crippen molar-refractivity contribution in [3.63, 3.8) is 0 Å². The third-order valence-electron chi connectivity index (χ3n) is 4.28. The summed E-state index contributed by atoms with van der Waals surface area (Å²) in [4.78, 5) is 12.0. The van der Waals surface area contributed by atoms with Crippen molar-refractivity contribution in [2.24, 2.45) is 5.92 Å². The highest BCUT2D eigenvalue weighted by molar-refractivity contribution is 5.59.